The van der Waals surface area contributed by atoms with E-state index in [1.54, 1.807) is 6.92 Å². The molecule has 5 nitrogen and oxygen atoms in total. The van der Waals surface area contributed by atoms with Gasteiger partial charge >= 0.3 is 6.18 Å². The zero-order valence-corrected chi connectivity index (χ0v) is 20.1. The summed E-state index contributed by atoms with van der Waals surface area (Å²) in [7, 11) is 1.13. The van der Waals surface area contributed by atoms with E-state index in [1.165, 1.54) is 19.1 Å². The number of ether oxygens (including phenoxy) is 3. The normalized spacial score (nSPS) is 24.1. The average Bonchev–Trinajstić information content (AvgIpc) is 3.11. The predicted molar refractivity (Wildman–Crippen MR) is 121 cm³/mol. The van der Waals surface area contributed by atoms with E-state index in [-0.39, 0.29) is 29.6 Å². The van der Waals surface area contributed by atoms with Crippen LogP contribution >= 0.6 is 0 Å². The lowest BCUT2D eigenvalue weighted by atomic mass is 9.76. The first-order chi connectivity index (χ1) is 17.0. The molecule has 0 N–H and O–H groups in total. The first-order valence-electron chi connectivity index (χ1n) is 11.2. The van der Waals surface area contributed by atoms with Gasteiger partial charge < -0.3 is 14.2 Å². The number of alkyl halides is 3. The molecule has 10 heteroatoms. The molecule has 2 aromatic carbocycles. The lowest BCUT2D eigenvalue weighted by Crippen LogP contribution is -2.46. The third-order valence-electron chi connectivity index (χ3n) is 6.67. The molecule has 1 aliphatic heterocycles. The fraction of sp³-hybridized carbons (Fsp3) is 0.385. The summed E-state index contributed by atoms with van der Waals surface area (Å²) in [5.74, 6) is -4.81. The molecule has 192 valence electrons. The van der Waals surface area contributed by atoms with Gasteiger partial charge in [0.05, 0.1) is 12.8 Å². The SMILES string of the molecule is COc1c([C@H]2[C@H](c3cc(OCc4ccccc4)nc(C)n3)O[C@@](C)(C(F)(F)F)[C@H]2C)ccc(F)c1F. The zero-order valence-electron chi connectivity index (χ0n) is 20.1. The zero-order chi connectivity index (χ0) is 26.3. The van der Waals surface area contributed by atoms with E-state index < -0.39 is 47.1 Å². The van der Waals surface area contributed by atoms with E-state index in [0.29, 0.717) is 0 Å². The molecule has 1 saturated heterocycles. The highest BCUT2D eigenvalue weighted by atomic mass is 19.4. The Balaban J connectivity index is 1.79. The van der Waals surface area contributed by atoms with Crippen molar-refractivity contribution in [2.75, 3.05) is 7.11 Å². The molecule has 0 unspecified atom stereocenters. The maximum atomic E-state index is 14.6. The number of hydrogen-bond acceptors (Lipinski definition) is 5. The molecule has 0 aliphatic carbocycles. The summed E-state index contributed by atoms with van der Waals surface area (Å²) in [6, 6.07) is 12.8. The van der Waals surface area contributed by atoms with E-state index in [1.807, 2.05) is 30.3 Å². The van der Waals surface area contributed by atoms with Gasteiger partial charge in [-0.2, -0.15) is 22.5 Å². The molecule has 3 aromatic rings. The van der Waals surface area contributed by atoms with Crippen LogP contribution in [0, 0.1) is 24.5 Å². The molecule has 0 amide bonds. The highest BCUT2D eigenvalue weighted by Gasteiger charge is 2.65. The van der Waals surface area contributed by atoms with E-state index in [0.717, 1.165) is 25.7 Å². The molecule has 4 atom stereocenters. The van der Waals surface area contributed by atoms with Gasteiger partial charge in [0.25, 0.3) is 0 Å². The maximum Gasteiger partial charge on any atom is 0.417 e. The summed E-state index contributed by atoms with van der Waals surface area (Å²) in [4.78, 5) is 8.57. The molecule has 0 saturated carbocycles. The number of aryl methyl sites for hydroxylation is 1. The summed E-state index contributed by atoms with van der Waals surface area (Å²) in [6.07, 6.45) is -6.02. The van der Waals surface area contributed by atoms with Crippen LogP contribution < -0.4 is 9.47 Å². The molecule has 4 rings (SSSR count). The minimum atomic E-state index is -4.75. The molecule has 2 heterocycles. The van der Waals surface area contributed by atoms with Crippen LogP contribution in [0.3, 0.4) is 0 Å². The van der Waals surface area contributed by atoms with E-state index in [4.69, 9.17) is 14.2 Å². The standard InChI is InChI=1S/C26H25F5N2O3/c1-14-21(17-10-11-18(27)22(28)23(17)34-4)24(36-25(14,3)26(29,30)31)19-12-20(33-15(2)32-19)35-13-16-8-6-5-7-9-16/h5-12,14,21,24H,13H2,1-4H3/t14-,21-,24-,25+/m0/s1. The molecule has 1 aliphatic rings. The van der Waals surface area contributed by atoms with Gasteiger partial charge in [-0.15, -0.1) is 0 Å². The summed E-state index contributed by atoms with van der Waals surface area (Å²) in [5, 5.41) is 0. The highest BCUT2D eigenvalue weighted by molar-refractivity contribution is 5.42. The number of benzene rings is 2. The Kier molecular flexibility index (Phi) is 6.92. The molecule has 0 radical (unpaired) electrons. The van der Waals surface area contributed by atoms with Crippen LogP contribution in [0.5, 0.6) is 11.6 Å². The second-order valence-corrected chi connectivity index (χ2v) is 8.89. The van der Waals surface area contributed by atoms with Crippen molar-refractivity contribution in [2.24, 2.45) is 5.92 Å². The van der Waals surface area contributed by atoms with Gasteiger partial charge in [-0.25, -0.2) is 9.37 Å². The maximum absolute atomic E-state index is 14.6. The summed E-state index contributed by atoms with van der Waals surface area (Å²) in [6.45, 7) is 4.06. The van der Waals surface area contributed by atoms with Gasteiger partial charge in [0.1, 0.15) is 18.5 Å². The summed E-state index contributed by atoms with van der Waals surface area (Å²) < 4.78 is 87.7. The Labute approximate surface area is 205 Å². The van der Waals surface area contributed by atoms with Crippen molar-refractivity contribution in [1.82, 2.24) is 9.97 Å². The third-order valence-corrected chi connectivity index (χ3v) is 6.67. The monoisotopic (exact) mass is 508 g/mol. The van der Waals surface area contributed by atoms with Crippen LogP contribution in [-0.2, 0) is 11.3 Å². The fourth-order valence-corrected chi connectivity index (χ4v) is 4.58. The minimum Gasteiger partial charge on any atom is -0.493 e. The topological polar surface area (TPSA) is 53.5 Å². The number of nitrogens with zero attached hydrogens (tertiary/aromatic N) is 2. The van der Waals surface area contributed by atoms with Crippen LogP contribution in [-0.4, -0.2) is 28.9 Å². The Morgan fingerprint density at radius 3 is 2.39 bits per heavy atom. The molecular formula is C26H25F5N2O3. The molecule has 1 aromatic heterocycles. The van der Waals surface area contributed by atoms with E-state index >= 15 is 0 Å². The second kappa shape index (κ2) is 9.65. The van der Waals surface area contributed by atoms with Crippen LogP contribution in [0.4, 0.5) is 22.0 Å². The Morgan fingerprint density at radius 1 is 1.06 bits per heavy atom. The van der Waals surface area contributed by atoms with Crippen LogP contribution in [0.15, 0.2) is 48.5 Å². The Morgan fingerprint density at radius 2 is 1.75 bits per heavy atom. The van der Waals surface area contributed by atoms with E-state index in [9.17, 15) is 22.0 Å². The van der Waals surface area contributed by atoms with Gasteiger partial charge in [0, 0.05) is 23.5 Å². The smallest absolute Gasteiger partial charge is 0.417 e. The van der Waals surface area contributed by atoms with Crippen LogP contribution in [0.1, 0.15) is 48.5 Å². The van der Waals surface area contributed by atoms with E-state index in [2.05, 4.69) is 9.97 Å². The number of methoxy groups -OCH3 is 1. The molecular weight excluding hydrogens is 483 g/mol. The fourth-order valence-electron chi connectivity index (χ4n) is 4.58. The van der Waals surface area contributed by atoms with Crippen molar-refractivity contribution in [1.29, 1.82) is 0 Å². The molecule has 0 bridgehead atoms. The van der Waals surface area contributed by atoms with Gasteiger partial charge in [0.15, 0.2) is 17.2 Å². The average molecular weight is 508 g/mol. The Bertz CT molecular complexity index is 1240. The van der Waals surface area contributed by atoms with Gasteiger partial charge in [0.2, 0.25) is 11.7 Å². The number of aromatic nitrogens is 2. The number of halogens is 5. The lowest BCUT2D eigenvalue weighted by molar-refractivity contribution is -0.275. The van der Waals surface area contributed by atoms with Crippen molar-refractivity contribution in [3.05, 3.63) is 82.8 Å². The highest BCUT2D eigenvalue weighted by Crippen LogP contribution is 2.59. The van der Waals surface area contributed by atoms with Gasteiger partial charge in [-0.1, -0.05) is 43.3 Å². The number of rotatable bonds is 6. The molecule has 0 spiro atoms. The molecule has 36 heavy (non-hydrogen) atoms. The van der Waals surface area contributed by atoms with Crippen LogP contribution in [0.25, 0.3) is 0 Å². The van der Waals surface area contributed by atoms with Gasteiger partial charge in [-0.05, 0) is 25.5 Å². The summed E-state index contributed by atoms with van der Waals surface area (Å²) in [5.41, 5.74) is -1.55. The van der Waals surface area contributed by atoms with Crippen molar-refractivity contribution in [3.63, 3.8) is 0 Å². The predicted octanol–water partition coefficient (Wildman–Crippen LogP) is 6.46. The first kappa shape index (κ1) is 25.8. The lowest BCUT2D eigenvalue weighted by Gasteiger charge is -2.32. The molecule has 1 fully saturated rings. The largest absolute Gasteiger partial charge is 0.493 e. The van der Waals surface area contributed by atoms with Crippen molar-refractivity contribution >= 4 is 0 Å². The van der Waals surface area contributed by atoms with Crippen molar-refractivity contribution < 1.29 is 36.2 Å². The second-order valence-electron chi connectivity index (χ2n) is 8.89. The Hall–Kier alpha value is -3.27. The summed E-state index contributed by atoms with van der Waals surface area (Å²) >= 11 is 0. The first-order valence-corrected chi connectivity index (χ1v) is 11.2. The van der Waals surface area contributed by atoms with Crippen molar-refractivity contribution in [2.45, 2.75) is 51.2 Å². The van der Waals surface area contributed by atoms with Crippen LogP contribution in [0.2, 0.25) is 0 Å². The van der Waals surface area contributed by atoms with Crippen molar-refractivity contribution in [3.8, 4) is 11.6 Å². The quantitative estimate of drug-likeness (QED) is 0.358. The minimum absolute atomic E-state index is 0.0462. The number of hydrogen-bond donors (Lipinski definition) is 0. The third kappa shape index (κ3) is 4.61. The van der Waals surface area contributed by atoms with Gasteiger partial charge in [-0.3, -0.25) is 0 Å².